The van der Waals surface area contributed by atoms with Crippen molar-refractivity contribution < 1.29 is 15.0 Å². The molecular formula is C9H19NO3. The molecule has 4 nitrogen and oxygen atoms in total. The Labute approximate surface area is 79.0 Å². The fourth-order valence-electron chi connectivity index (χ4n) is 0.880. The van der Waals surface area contributed by atoms with E-state index in [0.717, 1.165) is 0 Å². The van der Waals surface area contributed by atoms with Gasteiger partial charge < -0.3 is 15.5 Å². The molecule has 0 bridgehead atoms. The second-order valence-corrected chi connectivity index (χ2v) is 4.50. The third-order valence-corrected chi connectivity index (χ3v) is 1.60. The molecule has 0 amide bonds. The van der Waals surface area contributed by atoms with Crippen LogP contribution in [0.5, 0.6) is 0 Å². The van der Waals surface area contributed by atoms with E-state index >= 15 is 0 Å². The molecule has 0 aliphatic rings. The van der Waals surface area contributed by atoms with Gasteiger partial charge in [-0.15, -0.1) is 0 Å². The van der Waals surface area contributed by atoms with Crippen molar-refractivity contribution in [2.75, 3.05) is 6.54 Å². The molecule has 0 radical (unpaired) electrons. The van der Waals surface area contributed by atoms with E-state index in [2.05, 4.69) is 5.32 Å². The topological polar surface area (TPSA) is 69.6 Å². The van der Waals surface area contributed by atoms with E-state index in [1.807, 2.05) is 20.8 Å². The highest BCUT2D eigenvalue weighted by atomic mass is 16.4. The van der Waals surface area contributed by atoms with E-state index < -0.39 is 18.1 Å². The molecule has 3 N–H and O–H groups in total. The maximum absolute atomic E-state index is 10.6. The monoisotopic (exact) mass is 189 g/mol. The van der Waals surface area contributed by atoms with Gasteiger partial charge in [0.05, 0.1) is 6.10 Å². The summed E-state index contributed by atoms with van der Waals surface area (Å²) in [5.74, 6) is -1.01. The van der Waals surface area contributed by atoms with E-state index in [9.17, 15) is 4.79 Å². The molecule has 1 unspecified atom stereocenters. The van der Waals surface area contributed by atoms with Crippen LogP contribution in [0.3, 0.4) is 0 Å². The van der Waals surface area contributed by atoms with Crippen molar-refractivity contribution in [1.82, 2.24) is 5.32 Å². The average Bonchev–Trinajstić information content (AvgIpc) is 1.82. The van der Waals surface area contributed by atoms with Crippen molar-refractivity contribution in [2.45, 2.75) is 39.8 Å². The second-order valence-electron chi connectivity index (χ2n) is 4.50. The lowest BCUT2D eigenvalue weighted by Gasteiger charge is -2.23. The third kappa shape index (κ3) is 5.60. The van der Waals surface area contributed by atoms with Gasteiger partial charge >= 0.3 is 5.97 Å². The fourth-order valence-corrected chi connectivity index (χ4v) is 0.880. The first-order chi connectivity index (χ1) is 5.74. The van der Waals surface area contributed by atoms with E-state index in [0.29, 0.717) is 6.54 Å². The van der Waals surface area contributed by atoms with Gasteiger partial charge in [-0.1, -0.05) is 20.8 Å². The van der Waals surface area contributed by atoms with Crippen molar-refractivity contribution in [3.8, 4) is 0 Å². The molecule has 4 heteroatoms. The van der Waals surface area contributed by atoms with Crippen molar-refractivity contribution >= 4 is 5.97 Å². The summed E-state index contributed by atoms with van der Waals surface area (Å²) in [6.45, 7) is 8.03. The first-order valence-corrected chi connectivity index (χ1v) is 4.38. The predicted molar refractivity (Wildman–Crippen MR) is 50.6 cm³/mol. The first kappa shape index (κ1) is 12.4. The standard InChI is InChI=1S/C9H19NO3/c1-6(11)7(8(12)13)10-5-9(2,3)4/h6-7,10-11H,5H2,1-4H3,(H,12,13)/t6-,7?/m0/s1. The minimum absolute atomic E-state index is 0.0165. The van der Waals surface area contributed by atoms with Crippen molar-refractivity contribution in [2.24, 2.45) is 5.41 Å². The summed E-state index contributed by atoms with van der Waals surface area (Å²) in [5, 5.41) is 20.7. The number of carboxylic acids is 1. The minimum Gasteiger partial charge on any atom is -0.480 e. The van der Waals surface area contributed by atoms with Crippen LogP contribution >= 0.6 is 0 Å². The van der Waals surface area contributed by atoms with Gasteiger partial charge in [0.15, 0.2) is 0 Å². The van der Waals surface area contributed by atoms with Gasteiger partial charge in [-0.25, -0.2) is 0 Å². The van der Waals surface area contributed by atoms with Gasteiger partial charge in [0, 0.05) is 6.54 Å². The summed E-state index contributed by atoms with van der Waals surface area (Å²) in [6, 6.07) is -0.876. The quantitative estimate of drug-likeness (QED) is 0.601. The van der Waals surface area contributed by atoms with Gasteiger partial charge in [-0.05, 0) is 12.3 Å². The molecule has 0 heterocycles. The minimum atomic E-state index is -1.01. The smallest absolute Gasteiger partial charge is 0.323 e. The summed E-state index contributed by atoms with van der Waals surface area (Å²) < 4.78 is 0. The lowest BCUT2D eigenvalue weighted by Crippen LogP contribution is -2.47. The molecule has 0 aliphatic carbocycles. The highest BCUT2D eigenvalue weighted by Crippen LogP contribution is 2.11. The maximum atomic E-state index is 10.6. The van der Waals surface area contributed by atoms with Crippen molar-refractivity contribution in [3.63, 3.8) is 0 Å². The van der Waals surface area contributed by atoms with E-state index in [4.69, 9.17) is 10.2 Å². The van der Waals surface area contributed by atoms with Crippen molar-refractivity contribution in [3.05, 3.63) is 0 Å². The summed E-state index contributed by atoms with van der Waals surface area (Å²) in [6.07, 6.45) is -0.875. The van der Waals surface area contributed by atoms with Gasteiger partial charge in [0.25, 0.3) is 0 Å². The predicted octanol–water partition coefficient (Wildman–Crippen LogP) is 0.456. The molecule has 0 fully saturated rings. The van der Waals surface area contributed by atoms with Crippen LogP contribution in [0.1, 0.15) is 27.7 Å². The Morgan fingerprint density at radius 1 is 1.46 bits per heavy atom. The van der Waals surface area contributed by atoms with Crippen LogP contribution in [-0.4, -0.2) is 34.9 Å². The van der Waals surface area contributed by atoms with Crippen LogP contribution in [-0.2, 0) is 4.79 Å². The summed E-state index contributed by atoms with van der Waals surface area (Å²) in [7, 11) is 0. The fraction of sp³-hybridized carbons (Fsp3) is 0.889. The number of hydrogen-bond donors (Lipinski definition) is 3. The molecule has 2 atom stereocenters. The second kappa shape index (κ2) is 4.58. The maximum Gasteiger partial charge on any atom is 0.323 e. The molecule has 0 aromatic carbocycles. The zero-order chi connectivity index (χ0) is 10.6. The number of aliphatic hydroxyl groups is 1. The zero-order valence-electron chi connectivity index (χ0n) is 8.66. The van der Waals surface area contributed by atoms with Crippen LogP contribution in [0.15, 0.2) is 0 Å². The molecule has 0 aromatic heterocycles. The Hall–Kier alpha value is -0.610. The number of hydrogen-bond acceptors (Lipinski definition) is 3. The molecule has 0 spiro atoms. The van der Waals surface area contributed by atoms with Crippen molar-refractivity contribution in [1.29, 1.82) is 0 Å². The number of nitrogens with one attached hydrogen (secondary N) is 1. The molecule has 13 heavy (non-hydrogen) atoms. The molecule has 0 aliphatic heterocycles. The molecule has 0 saturated heterocycles. The Morgan fingerprint density at radius 3 is 2.15 bits per heavy atom. The summed E-state index contributed by atoms with van der Waals surface area (Å²) in [4.78, 5) is 10.6. The summed E-state index contributed by atoms with van der Waals surface area (Å²) in [5.41, 5.74) is 0.0165. The van der Waals surface area contributed by atoms with Crippen LogP contribution in [0.4, 0.5) is 0 Å². The number of carbonyl (C=O) groups is 1. The average molecular weight is 189 g/mol. The Bertz CT molecular complexity index is 172. The highest BCUT2D eigenvalue weighted by molar-refractivity contribution is 5.74. The van der Waals surface area contributed by atoms with Gasteiger partial charge in [-0.3, -0.25) is 4.79 Å². The molecule has 0 aromatic rings. The van der Waals surface area contributed by atoms with Crippen LogP contribution < -0.4 is 5.32 Å². The molecule has 0 saturated carbocycles. The summed E-state index contributed by atoms with van der Waals surface area (Å²) >= 11 is 0. The number of carboxylic acid groups (broad SMARTS) is 1. The largest absolute Gasteiger partial charge is 0.480 e. The molecule has 0 rings (SSSR count). The van der Waals surface area contributed by atoms with E-state index in [1.165, 1.54) is 6.92 Å². The first-order valence-electron chi connectivity index (χ1n) is 4.38. The normalized spacial score (nSPS) is 16.7. The molecular weight excluding hydrogens is 170 g/mol. The third-order valence-electron chi connectivity index (χ3n) is 1.60. The van der Waals surface area contributed by atoms with Gasteiger partial charge in [0.1, 0.15) is 6.04 Å². The van der Waals surface area contributed by atoms with Crippen LogP contribution in [0, 0.1) is 5.41 Å². The zero-order valence-corrected chi connectivity index (χ0v) is 8.66. The van der Waals surface area contributed by atoms with E-state index in [-0.39, 0.29) is 5.41 Å². The van der Waals surface area contributed by atoms with E-state index in [1.54, 1.807) is 0 Å². The lowest BCUT2D eigenvalue weighted by molar-refractivity contribution is -0.142. The van der Waals surface area contributed by atoms with Gasteiger partial charge in [-0.2, -0.15) is 0 Å². The van der Waals surface area contributed by atoms with Crippen LogP contribution in [0.2, 0.25) is 0 Å². The number of aliphatic hydroxyl groups excluding tert-OH is 1. The molecule has 78 valence electrons. The SMILES string of the molecule is C[C@H](O)C(NCC(C)(C)C)C(=O)O. The number of aliphatic carboxylic acids is 1. The number of rotatable bonds is 4. The highest BCUT2D eigenvalue weighted by Gasteiger charge is 2.24. The lowest BCUT2D eigenvalue weighted by atomic mass is 9.96. The van der Waals surface area contributed by atoms with Gasteiger partial charge in [0.2, 0.25) is 0 Å². The Morgan fingerprint density at radius 2 is 1.92 bits per heavy atom. The Kier molecular flexibility index (Phi) is 4.36. The Balaban J connectivity index is 4.06. The van der Waals surface area contributed by atoms with Crippen LogP contribution in [0.25, 0.3) is 0 Å².